The van der Waals surface area contributed by atoms with Crippen LogP contribution >= 0.6 is 11.3 Å². The van der Waals surface area contributed by atoms with Gasteiger partial charge in [-0.25, -0.2) is 4.98 Å². The van der Waals surface area contributed by atoms with Crippen LogP contribution in [0.25, 0.3) is 10.8 Å². The number of furan rings is 1. The number of hydrogen-bond acceptors (Lipinski definition) is 6. The van der Waals surface area contributed by atoms with E-state index in [-0.39, 0.29) is 18.7 Å². The zero-order chi connectivity index (χ0) is 19.8. The maximum absolute atomic E-state index is 13.6. The quantitative estimate of drug-likeness (QED) is 0.591. The molecule has 1 fully saturated rings. The van der Waals surface area contributed by atoms with Crippen molar-refractivity contribution in [2.24, 2.45) is 0 Å². The molecule has 6 nitrogen and oxygen atoms in total. The lowest BCUT2D eigenvalue weighted by Gasteiger charge is -2.29. The minimum absolute atomic E-state index is 0.0128. The van der Waals surface area contributed by atoms with Gasteiger partial charge in [-0.2, -0.15) is 0 Å². The van der Waals surface area contributed by atoms with E-state index in [0.717, 1.165) is 52.6 Å². The Balaban J connectivity index is 1.44. The first-order chi connectivity index (χ1) is 14.2. The van der Waals surface area contributed by atoms with Crippen LogP contribution in [0.2, 0.25) is 0 Å². The fourth-order valence-corrected chi connectivity index (χ4v) is 4.93. The fraction of sp³-hybridized carbons (Fsp3) is 0.364. The Hall–Kier alpha value is -2.80. The van der Waals surface area contributed by atoms with Crippen LogP contribution in [0.1, 0.15) is 46.6 Å². The number of thiazole rings is 1. The van der Waals surface area contributed by atoms with Crippen LogP contribution in [0.5, 0.6) is 11.5 Å². The SMILES string of the molecule is Cc1sc(-c2ccco2)nc1C(=O)N(Cc1ccc2c(c1)OCO2)C1CCCC1. The number of ether oxygens (including phenoxy) is 2. The third-order valence-corrected chi connectivity index (χ3v) is 6.53. The van der Waals surface area contributed by atoms with Gasteiger partial charge in [0.1, 0.15) is 5.69 Å². The maximum atomic E-state index is 13.6. The molecule has 3 aromatic rings. The molecule has 0 saturated heterocycles. The summed E-state index contributed by atoms with van der Waals surface area (Å²) < 4.78 is 16.4. The van der Waals surface area contributed by atoms with Crippen molar-refractivity contribution >= 4 is 17.2 Å². The molecule has 0 unspecified atom stereocenters. The van der Waals surface area contributed by atoms with E-state index in [2.05, 4.69) is 4.98 Å². The van der Waals surface area contributed by atoms with Gasteiger partial charge in [0.05, 0.1) is 6.26 Å². The van der Waals surface area contributed by atoms with Crippen molar-refractivity contribution in [1.82, 2.24) is 9.88 Å². The summed E-state index contributed by atoms with van der Waals surface area (Å²) in [4.78, 5) is 21.1. The zero-order valence-corrected chi connectivity index (χ0v) is 17.0. The van der Waals surface area contributed by atoms with Gasteiger partial charge in [-0.3, -0.25) is 4.79 Å². The molecule has 0 atom stereocenters. The van der Waals surface area contributed by atoms with Crippen molar-refractivity contribution in [3.05, 3.63) is 52.7 Å². The average Bonchev–Trinajstić information content (AvgIpc) is 3.52. The zero-order valence-electron chi connectivity index (χ0n) is 16.2. The standard InChI is InChI=1S/C22H22N2O4S/c1-14-20(23-21(29-14)18-7-4-10-26-18)22(25)24(16-5-2-3-6-16)12-15-8-9-17-19(11-15)28-13-27-17/h4,7-11,16H,2-3,5-6,12-13H2,1H3. The first-order valence-corrected chi connectivity index (χ1v) is 10.7. The summed E-state index contributed by atoms with van der Waals surface area (Å²) in [7, 11) is 0. The van der Waals surface area contributed by atoms with E-state index < -0.39 is 0 Å². The van der Waals surface area contributed by atoms with Gasteiger partial charge in [0, 0.05) is 17.5 Å². The number of aryl methyl sites for hydroxylation is 1. The normalized spacial score (nSPS) is 15.8. The number of nitrogens with zero attached hydrogens (tertiary/aromatic N) is 2. The highest BCUT2D eigenvalue weighted by Gasteiger charge is 2.31. The van der Waals surface area contributed by atoms with Gasteiger partial charge in [0.2, 0.25) is 6.79 Å². The first-order valence-electron chi connectivity index (χ1n) is 9.90. The van der Waals surface area contributed by atoms with E-state index in [1.807, 2.05) is 42.2 Å². The molecule has 2 aromatic heterocycles. The smallest absolute Gasteiger partial charge is 0.274 e. The molecular weight excluding hydrogens is 388 g/mol. The van der Waals surface area contributed by atoms with E-state index in [9.17, 15) is 4.79 Å². The molecule has 0 bridgehead atoms. The van der Waals surface area contributed by atoms with E-state index >= 15 is 0 Å². The second-order valence-electron chi connectivity index (χ2n) is 7.46. The Bertz CT molecular complexity index is 1020. The number of hydrogen-bond donors (Lipinski definition) is 0. The third-order valence-electron chi connectivity index (χ3n) is 5.55. The molecule has 29 heavy (non-hydrogen) atoms. The van der Waals surface area contributed by atoms with Crippen LogP contribution in [0.3, 0.4) is 0 Å². The molecule has 3 heterocycles. The molecular formula is C22H22N2O4S. The second-order valence-corrected chi connectivity index (χ2v) is 8.66. The molecule has 1 aliphatic heterocycles. The Morgan fingerprint density at radius 1 is 1.21 bits per heavy atom. The topological polar surface area (TPSA) is 64.8 Å². The van der Waals surface area contributed by atoms with Crippen LogP contribution < -0.4 is 9.47 Å². The summed E-state index contributed by atoms with van der Waals surface area (Å²) in [5, 5.41) is 0.741. The minimum Gasteiger partial charge on any atom is -0.462 e. The largest absolute Gasteiger partial charge is 0.462 e. The summed E-state index contributed by atoms with van der Waals surface area (Å²) >= 11 is 1.49. The number of benzene rings is 1. The molecule has 0 radical (unpaired) electrons. The molecule has 1 aliphatic carbocycles. The van der Waals surface area contributed by atoms with Crippen molar-refractivity contribution in [1.29, 1.82) is 0 Å². The minimum atomic E-state index is -0.0128. The molecule has 0 N–H and O–H groups in total. The molecule has 2 aliphatic rings. The monoisotopic (exact) mass is 410 g/mol. The highest BCUT2D eigenvalue weighted by atomic mass is 32.1. The third kappa shape index (κ3) is 3.51. The summed E-state index contributed by atoms with van der Waals surface area (Å²) in [6.07, 6.45) is 6.00. The number of aromatic nitrogens is 1. The highest BCUT2D eigenvalue weighted by molar-refractivity contribution is 7.15. The van der Waals surface area contributed by atoms with Gasteiger partial charge >= 0.3 is 0 Å². The molecule has 1 amide bonds. The number of amides is 1. The highest BCUT2D eigenvalue weighted by Crippen LogP contribution is 2.35. The van der Waals surface area contributed by atoms with Gasteiger partial charge in [-0.1, -0.05) is 18.9 Å². The van der Waals surface area contributed by atoms with Crippen LogP contribution in [-0.2, 0) is 6.54 Å². The van der Waals surface area contributed by atoms with Crippen LogP contribution in [-0.4, -0.2) is 28.6 Å². The number of carbonyl (C=O) groups is 1. The molecule has 0 spiro atoms. The van der Waals surface area contributed by atoms with Crippen molar-refractivity contribution < 1.29 is 18.7 Å². The van der Waals surface area contributed by atoms with Gasteiger partial charge in [-0.05, 0) is 49.6 Å². The summed E-state index contributed by atoms with van der Waals surface area (Å²) in [6.45, 7) is 2.73. The lowest BCUT2D eigenvalue weighted by atomic mass is 10.1. The fourth-order valence-electron chi connectivity index (χ4n) is 4.06. The van der Waals surface area contributed by atoms with Crippen LogP contribution in [0.15, 0.2) is 41.0 Å². The Kier molecular flexibility index (Phi) is 4.75. The number of fused-ring (bicyclic) bond motifs is 1. The van der Waals surface area contributed by atoms with E-state index in [1.165, 1.54) is 11.3 Å². The maximum Gasteiger partial charge on any atom is 0.274 e. The summed E-state index contributed by atoms with van der Waals surface area (Å²) in [5.41, 5.74) is 1.56. The predicted molar refractivity (Wildman–Crippen MR) is 109 cm³/mol. The van der Waals surface area contributed by atoms with Crippen molar-refractivity contribution in [3.8, 4) is 22.3 Å². The first kappa shape index (κ1) is 18.2. The van der Waals surface area contributed by atoms with Crippen LogP contribution in [0.4, 0.5) is 0 Å². The van der Waals surface area contributed by atoms with Crippen molar-refractivity contribution in [2.45, 2.75) is 45.2 Å². The van der Waals surface area contributed by atoms with Gasteiger partial charge in [-0.15, -0.1) is 11.3 Å². The Morgan fingerprint density at radius 3 is 2.83 bits per heavy atom. The molecule has 150 valence electrons. The van der Waals surface area contributed by atoms with E-state index in [1.54, 1.807) is 6.26 Å². The number of rotatable bonds is 5. The predicted octanol–water partition coefficient (Wildman–Crippen LogP) is 5.03. The lowest BCUT2D eigenvalue weighted by Crippen LogP contribution is -2.38. The van der Waals surface area contributed by atoms with Gasteiger partial charge in [0.15, 0.2) is 22.3 Å². The van der Waals surface area contributed by atoms with Crippen molar-refractivity contribution in [2.75, 3.05) is 6.79 Å². The molecule has 5 rings (SSSR count). The molecule has 1 saturated carbocycles. The van der Waals surface area contributed by atoms with E-state index in [0.29, 0.717) is 18.0 Å². The average molecular weight is 410 g/mol. The second kappa shape index (κ2) is 7.55. The van der Waals surface area contributed by atoms with E-state index in [4.69, 9.17) is 13.9 Å². The van der Waals surface area contributed by atoms with Crippen LogP contribution in [0, 0.1) is 6.92 Å². The molecule has 7 heteroatoms. The number of carbonyl (C=O) groups excluding carboxylic acids is 1. The Labute approximate surface area is 173 Å². The lowest BCUT2D eigenvalue weighted by molar-refractivity contribution is 0.0658. The molecule has 1 aromatic carbocycles. The Morgan fingerprint density at radius 2 is 2.03 bits per heavy atom. The van der Waals surface area contributed by atoms with Gasteiger partial charge in [0.25, 0.3) is 5.91 Å². The summed E-state index contributed by atoms with van der Waals surface area (Å²) in [6, 6.07) is 9.83. The van der Waals surface area contributed by atoms with Gasteiger partial charge < -0.3 is 18.8 Å². The van der Waals surface area contributed by atoms with Crippen molar-refractivity contribution in [3.63, 3.8) is 0 Å². The summed E-state index contributed by atoms with van der Waals surface area (Å²) in [5.74, 6) is 2.18.